The highest BCUT2D eigenvalue weighted by Crippen LogP contribution is 2.39. The summed E-state index contributed by atoms with van der Waals surface area (Å²) in [5, 5.41) is 0. The van der Waals surface area contributed by atoms with Crippen molar-refractivity contribution in [3.8, 4) is 28.7 Å². The third-order valence-electron chi connectivity index (χ3n) is 6.93. The molecule has 2 aliphatic rings. The van der Waals surface area contributed by atoms with Crippen LogP contribution in [0.5, 0.6) is 28.7 Å². The predicted octanol–water partition coefficient (Wildman–Crippen LogP) is 3.79. The standard InChI is InChI=1S/C28H36N2O6/c1-32-23-16-20-7-6-8-21(15-22(20)17-24(23)33-2)28(31)30-11-9-29(10-12-30)18-19-13-25(34-3)27(36-5)26(14-19)35-4/h13-17H,6-12,18H2,1-5H3. The molecule has 194 valence electrons. The van der Waals surface area contributed by atoms with Crippen molar-refractivity contribution in [3.63, 3.8) is 0 Å². The van der Waals surface area contributed by atoms with Crippen LogP contribution < -0.4 is 23.7 Å². The summed E-state index contributed by atoms with van der Waals surface area (Å²) in [4.78, 5) is 17.8. The van der Waals surface area contributed by atoms with Crippen LogP contribution in [0.25, 0.3) is 6.08 Å². The molecule has 0 saturated carbocycles. The number of fused-ring (bicyclic) bond motifs is 1. The Morgan fingerprint density at radius 1 is 0.750 bits per heavy atom. The van der Waals surface area contributed by atoms with Gasteiger partial charge in [0.1, 0.15) is 0 Å². The minimum atomic E-state index is 0.130. The van der Waals surface area contributed by atoms with Gasteiger partial charge in [0.2, 0.25) is 11.7 Å². The Kier molecular flexibility index (Phi) is 8.25. The van der Waals surface area contributed by atoms with Gasteiger partial charge in [-0.25, -0.2) is 0 Å². The van der Waals surface area contributed by atoms with Crippen LogP contribution in [-0.4, -0.2) is 77.4 Å². The van der Waals surface area contributed by atoms with Crippen LogP contribution >= 0.6 is 0 Å². The lowest BCUT2D eigenvalue weighted by atomic mass is 10.0. The summed E-state index contributed by atoms with van der Waals surface area (Å²) in [5.41, 5.74) is 4.16. The maximum Gasteiger partial charge on any atom is 0.249 e. The van der Waals surface area contributed by atoms with Crippen molar-refractivity contribution in [1.82, 2.24) is 9.80 Å². The number of carbonyl (C=O) groups is 1. The summed E-state index contributed by atoms with van der Waals surface area (Å²) in [6, 6.07) is 7.97. The first-order chi connectivity index (χ1) is 17.5. The molecule has 1 aliphatic carbocycles. The highest BCUT2D eigenvalue weighted by atomic mass is 16.5. The second kappa shape index (κ2) is 11.6. The Balaban J connectivity index is 1.43. The van der Waals surface area contributed by atoms with E-state index < -0.39 is 0 Å². The molecule has 0 aromatic heterocycles. The van der Waals surface area contributed by atoms with Crippen LogP contribution in [0.1, 0.15) is 29.5 Å². The number of piperazine rings is 1. The Labute approximate surface area is 213 Å². The first-order valence-electron chi connectivity index (χ1n) is 12.3. The Morgan fingerprint density at radius 2 is 1.36 bits per heavy atom. The van der Waals surface area contributed by atoms with E-state index in [1.165, 1.54) is 5.56 Å². The molecule has 1 fully saturated rings. The van der Waals surface area contributed by atoms with Gasteiger partial charge in [0.05, 0.1) is 35.5 Å². The molecule has 0 N–H and O–H groups in total. The number of hydrogen-bond donors (Lipinski definition) is 0. The highest BCUT2D eigenvalue weighted by Gasteiger charge is 2.26. The van der Waals surface area contributed by atoms with E-state index in [1.54, 1.807) is 35.5 Å². The molecule has 4 rings (SSSR count). The number of rotatable bonds is 8. The fourth-order valence-corrected chi connectivity index (χ4v) is 4.98. The van der Waals surface area contributed by atoms with Gasteiger partial charge in [0.15, 0.2) is 23.0 Å². The molecule has 1 heterocycles. The smallest absolute Gasteiger partial charge is 0.249 e. The third-order valence-corrected chi connectivity index (χ3v) is 6.93. The number of ether oxygens (including phenoxy) is 5. The number of nitrogens with zero attached hydrogens (tertiary/aromatic N) is 2. The van der Waals surface area contributed by atoms with E-state index in [-0.39, 0.29) is 5.91 Å². The van der Waals surface area contributed by atoms with Crippen molar-refractivity contribution in [2.75, 3.05) is 61.7 Å². The van der Waals surface area contributed by atoms with E-state index in [0.717, 1.165) is 61.3 Å². The van der Waals surface area contributed by atoms with Gasteiger partial charge >= 0.3 is 0 Å². The van der Waals surface area contributed by atoms with Crippen LogP contribution in [0.3, 0.4) is 0 Å². The van der Waals surface area contributed by atoms with Crippen LogP contribution in [0.15, 0.2) is 29.8 Å². The van der Waals surface area contributed by atoms with Crippen molar-refractivity contribution in [2.45, 2.75) is 25.8 Å². The highest BCUT2D eigenvalue weighted by molar-refractivity contribution is 5.98. The van der Waals surface area contributed by atoms with Crippen molar-refractivity contribution >= 4 is 12.0 Å². The zero-order valence-electron chi connectivity index (χ0n) is 21.9. The van der Waals surface area contributed by atoms with Crippen LogP contribution in [0.4, 0.5) is 0 Å². The molecule has 0 radical (unpaired) electrons. The molecule has 0 unspecified atom stereocenters. The zero-order chi connectivity index (χ0) is 25.7. The predicted molar refractivity (Wildman–Crippen MR) is 138 cm³/mol. The Bertz CT molecular complexity index is 1100. The average molecular weight is 497 g/mol. The van der Waals surface area contributed by atoms with E-state index >= 15 is 0 Å². The van der Waals surface area contributed by atoms with E-state index in [0.29, 0.717) is 36.1 Å². The fraction of sp³-hybridized carbons (Fsp3) is 0.464. The number of aryl methyl sites for hydroxylation is 1. The monoisotopic (exact) mass is 496 g/mol. The molecule has 2 aromatic carbocycles. The molecule has 0 spiro atoms. The summed E-state index contributed by atoms with van der Waals surface area (Å²) < 4.78 is 27.3. The molecule has 36 heavy (non-hydrogen) atoms. The van der Waals surface area contributed by atoms with E-state index in [1.807, 2.05) is 35.2 Å². The molecule has 2 aromatic rings. The lowest BCUT2D eigenvalue weighted by Crippen LogP contribution is -2.48. The summed E-state index contributed by atoms with van der Waals surface area (Å²) in [6.07, 6.45) is 4.64. The van der Waals surface area contributed by atoms with Crippen LogP contribution in [-0.2, 0) is 17.8 Å². The number of benzene rings is 2. The number of amides is 1. The van der Waals surface area contributed by atoms with Gasteiger partial charge in [0, 0.05) is 38.3 Å². The van der Waals surface area contributed by atoms with Gasteiger partial charge in [0.25, 0.3) is 0 Å². The summed E-state index contributed by atoms with van der Waals surface area (Å²) in [5.74, 6) is 3.42. The fourth-order valence-electron chi connectivity index (χ4n) is 4.98. The summed E-state index contributed by atoms with van der Waals surface area (Å²) in [6.45, 7) is 3.74. The lowest BCUT2D eigenvalue weighted by Gasteiger charge is -2.35. The largest absolute Gasteiger partial charge is 0.493 e. The SMILES string of the molecule is COc1cc2c(cc1OC)CCCC(C(=O)N1CCN(Cc3cc(OC)c(OC)c(OC)c3)CC1)=C2. The van der Waals surface area contributed by atoms with Gasteiger partial charge in [-0.2, -0.15) is 0 Å². The lowest BCUT2D eigenvalue weighted by molar-refractivity contribution is -0.129. The van der Waals surface area contributed by atoms with Crippen LogP contribution in [0, 0.1) is 0 Å². The van der Waals surface area contributed by atoms with Gasteiger partial charge in [-0.1, -0.05) is 0 Å². The maximum absolute atomic E-state index is 13.4. The van der Waals surface area contributed by atoms with Gasteiger partial charge < -0.3 is 28.6 Å². The number of methoxy groups -OCH3 is 5. The normalized spacial score (nSPS) is 15.9. The van der Waals surface area contributed by atoms with Crippen molar-refractivity contribution in [3.05, 3.63) is 46.5 Å². The van der Waals surface area contributed by atoms with Crippen molar-refractivity contribution in [2.24, 2.45) is 0 Å². The zero-order valence-corrected chi connectivity index (χ0v) is 21.9. The van der Waals surface area contributed by atoms with E-state index in [2.05, 4.69) is 4.90 Å². The molecule has 8 heteroatoms. The summed E-state index contributed by atoms with van der Waals surface area (Å²) >= 11 is 0. The maximum atomic E-state index is 13.4. The number of hydrogen-bond acceptors (Lipinski definition) is 7. The van der Waals surface area contributed by atoms with Gasteiger partial charge in [-0.15, -0.1) is 0 Å². The minimum Gasteiger partial charge on any atom is -0.493 e. The van der Waals surface area contributed by atoms with Crippen molar-refractivity contribution in [1.29, 1.82) is 0 Å². The van der Waals surface area contributed by atoms with Crippen LogP contribution in [0.2, 0.25) is 0 Å². The first-order valence-corrected chi connectivity index (χ1v) is 12.3. The molecule has 8 nitrogen and oxygen atoms in total. The molecule has 0 atom stereocenters. The van der Waals surface area contributed by atoms with E-state index in [9.17, 15) is 4.79 Å². The molecule has 1 aliphatic heterocycles. The first kappa shape index (κ1) is 25.7. The Morgan fingerprint density at radius 3 is 1.94 bits per heavy atom. The number of carbonyl (C=O) groups excluding carboxylic acids is 1. The molecular weight excluding hydrogens is 460 g/mol. The average Bonchev–Trinajstić information content (AvgIpc) is 3.13. The second-order valence-corrected chi connectivity index (χ2v) is 9.03. The third kappa shape index (κ3) is 5.38. The quantitative estimate of drug-likeness (QED) is 0.551. The van der Waals surface area contributed by atoms with Gasteiger partial charge in [-0.05, 0) is 66.3 Å². The minimum absolute atomic E-state index is 0.130. The summed E-state index contributed by atoms with van der Waals surface area (Å²) in [7, 11) is 8.13. The molecular formula is C28H36N2O6. The topological polar surface area (TPSA) is 69.7 Å². The Hall–Kier alpha value is -3.39. The molecule has 0 bridgehead atoms. The van der Waals surface area contributed by atoms with E-state index in [4.69, 9.17) is 23.7 Å². The van der Waals surface area contributed by atoms with Crippen molar-refractivity contribution < 1.29 is 28.5 Å². The molecule has 1 amide bonds. The molecule has 1 saturated heterocycles. The van der Waals surface area contributed by atoms with Gasteiger partial charge in [-0.3, -0.25) is 9.69 Å². The second-order valence-electron chi connectivity index (χ2n) is 9.03.